The summed E-state index contributed by atoms with van der Waals surface area (Å²) >= 11 is 0. The third kappa shape index (κ3) is 6.52. The van der Waals surface area contributed by atoms with Crippen molar-refractivity contribution in [3.05, 3.63) is 35.4 Å². The normalized spacial score (nSPS) is 16.7. The molecule has 1 aliphatic rings. The number of hydrogen-bond donors (Lipinski definition) is 1. The van der Waals surface area contributed by atoms with E-state index in [9.17, 15) is 0 Å². The fourth-order valence-electron chi connectivity index (χ4n) is 2.62. The molecular weight excluding hydrogens is 387 g/mol. The average Bonchev–Trinajstić information content (AvgIpc) is 2.74. The molecule has 0 bridgehead atoms. The van der Waals surface area contributed by atoms with Gasteiger partial charge in [0, 0.05) is 20.6 Å². The first kappa shape index (κ1) is 19.2. The number of guanidine groups is 1. The van der Waals surface area contributed by atoms with Crippen LogP contribution in [0.4, 0.5) is 0 Å². The van der Waals surface area contributed by atoms with Crippen LogP contribution in [0.1, 0.15) is 36.8 Å². The minimum atomic E-state index is 0. The highest BCUT2D eigenvalue weighted by Gasteiger charge is 2.09. The first-order chi connectivity index (χ1) is 10.1. The summed E-state index contributed by atoms with van der Waals surface area (Å²) in [6, 6.07) is 8.78. The molecule has 0 saturated carbocycles. The van der Waals surface area contributed by atoms with E-state index in [2.05, 4.69) is 34.2 Å². The Labute approximate surface area is 151 Å². The van der Waals surface area contributed by atoms with Gasteiger partial charge in [-0.2, -0.15) is 0 Å². The minimum Gasteiger partial charge on any atom is -0.370 e. The molecule has 22 heavy (non-hydrogen) atoms. The monoisotopic (exact) mass is 416 g/mol. The maximum absolute atomic E-state index is 5.80. The Hall–Kier alpha value is -0.820. The quantitative estimate of drug-likeness (QED) is 0.466. The van der Waals surface area contributed by atoms with Gasteiger partial charge in [-0.1, -0.05) is 37.1 Å². The minimum absolute atomic E-state index is 0. The van der Waals surface area contributed by atoms with Gasteiger partial charge in [0.2, 0.25) is 0 Å². The molecule has 1 heterocycles. The van der Waals surface area contributed by atoms with E-state index < -0.39 is 0 Å². The summed E-state index contributed by atoms with van der Waals surface area (Å²) in [5.41, 5.74) is 8.40. The fraction of sp³-hybridized carbons (Fsp3) is 0.588. The maximum Gasteiger partial charge on any atom is 0.191 e. The lowest BCUT2D eigenvalue weighted by molar-refractivity contribution is 0.277. The second-order valence-electron chi connectivity index (χ2n) is 6.08. The summed E-state index contributed by atoms with van der Waals surface area (Å²) in [4.78, 5) is 8.76. The van der Waals surface area contributed by atoms with Gasteiger partial charge < -0.3 is 10.6 Å². The van der Waals surface area contributed by atoms with Gasteiger partial charge in [0.25, 0.3) is 0 Å². The van der Waals surface area contributed by atoms with Gasteiger partial charge in [0.1, 0.15) is 0 Å². The van der Waals surface area contributed by atoms with Crippen molar-refractivity contribution in [1.82, 2.24) is 9.80 Å². The zero-order valence-electron chi connectivity index (χ0n) is 13.8. The van der Waals surface area contributed by atoms with Crippen LogP contribution in [0.2, 0.25) is 0 Å². The predicted octanol–water partition coefficient (Wildman–Crippen LogP) is 3.06. The van der Waals surface area contributed by atoms with Gasteiger partial charge in [-0.3, -0.25) is 4.90 Å². The summed E-state index contributed by atoms with van der Waals surface area (Å²) in [6.45, 7) is 4.20. The topological polar surface area (TPSA) is 44.9 Å². The van der Waals surface area contributed by atoms with Gasteiger partial charge in [0.15, 0.2) is 5.96 Å². The Kier molecular flexibility index (Phi) is 8.78. The smallest absolute Gasteiger partial charge is 0.191 e. The van der Waals surface area contributed by atoms with Gasteiger partial charge in [-0.05, 0) is 37.1 Å². The lowest BCUT2D eigenvalue weighted by atomic mass is 10.1. The van der Waals surface area contributed by atoms with E-state index in [4.69, 9.17) is 5.73 Å². The van der Waals surface area contributed by atoms with E-state index in [1.807, 2.05) is 19.0 Å². The molecule has 2 N–H and O–H groups in total. The number of nitrogens with zero attached hydrogens (tertiary/aromatic N) is 3. The lowest BCUT2D eigenvalue weighted by Gasteiger charge is -2.19. The van der Waals surface area contributed by atoms with Crippen LogP contribution in [0.15, 0.2) is 29.3 Å². The number of rotatable bonds is 4. The maximum atomic E-state index is 5.80. The van der Waals surface area contributed by atoms with E-state index in [1.54, 1.807) is 0 Å². The van der Waals surface area contributed by atoms with Crippen LogP contribution in [0.25, 0.3) is 0 Å². The van der Waals surface area contributed by atoms with Crippen molar-refractivity contribution in [1.29, 1.82) is 0 Å². The van der Waals surface area contributed by atoms with Gasteiger partial charge in [-0.25, -0.2) is 4.99 Å². The van der Waals surface area contributed by atoms with Gasteiger partial charge >= 0.3 is 0 Å². The Morgan fingerprint density at radius 2 is 1.59 bits per heavy atom. The van der Waals surface area contributed by atoms with Crippen molar-refractivity contribution in [3.8, 4) is 0 Å². The number of halogens is 1. The summed E-state index contributed by atoms with van der Waals surface area (Å²) in [7, 11) is 3.81. The zero-order valence-corrected chi connectivity index (χ0v) is 16.1. The zero-order chi connectivity index (χ0) is 15.1. The number of aliphatic imine (C=N–C) groups is 1. The van der Waals surface area contributed by atoms with Crippen LogP contribution in [-0.2, 0) is 13.1 Å². The van der Waals surface area contributed by atoms with E-state index in [0.717, 1.165) is 6.54 Å². The fourth-order valence-corrected chi connectivity index (χ4v) is 2.62. The summed E-state index contributed by atoms with van der Waals surface area (Å²) in [5.74, 6) is 0.573. The summed E-state index contributed by atoms with van der Waals surface area (Å²) < 4.78 is 0. The molecule has 4 nitrogen and oxygen atoms in total. The van der Waals surface area contributed by atoms with E-state index in [-0.39, 0.29) is 24.0 Å². The molecule has 0 aliphatic carbocycles. The molecule has 1 aliphatic heterocycles. The molecule has 0 unspecified atom stereocenters. The standard InChI is InChI=1S/C17H28N4.HI/c1-20(2)17(18)19-13-15-7-9-16(10-8-15)14-21-11-5-3-4-6-12-21;/h7-10H,3-6,11-14H2,1-2H3,(H2,18,19);1H. The SMILES string of the molecule is CN(C)C(N)=NCc1ccc(CN2CCCCCC2)cc1.I. The molecule has 2 rings (SSSR count). The lowest BCUT2D eigenvalue weighted by Crippen LogP contribution is -2.30. The largest absolute Gasteiger partial charge is 0.370 e. The van der Waals surface area contributed by atoms with Crippen molar-refractivity contribution in [2.24, 2.45) is 10.7 Å². The molecule has 0 aromatic heterocycles. The second kappa shape index (κ2) is 10.0. The highest BCUT2D eigenvalue weighted by Crippen LogP contribution is 2.14. The van der Waals surface area contributed by atoms with Crippen LogP contribution < -0.4 is 5.73 Å². The summed E-state index contributed by atoms with van der Waals surface area (Å²) in [5, 5.41) is 0. The number of hydrogen-bond acceptors (Lipinski definition) is 2. The summed E-state index contributed by atoms with van der Waals surface area (Å²) in [6.07, 6.45) is 5.47. The molecule has 1 aromatic rings. The highest BCUT2D eigenvalue weighted by atomic mass is 127. The van der Waals surface area contributed by atoms with Gasteiger partial charge in [-0.15, -0.1) is 24.0 Å². The molecule has 0 amide bonds. The van der Waals surface area contributed by atoms with Crippen molar-refractivity contribution in [2.75, 3.05) is 27.2 Å². The first-order valence-electron chi connectivity index (χ1n) is 7.92. The second-order valence-corrected chi connectivity index (χ2v) is 6.08. The number of likely N-dealkylation sites (tertiary alicyclic amines) is 1. The van der Waals surface area contributed by atoms with Gasteiger partial charge in [0.05, 0.1) is 6.54 Å². The van der Waals surface area contributed by atoms with Crippen molar-refractivity contribution < 1.29 is 0 Å². The van der Waals surface area contributed by atoms with Crippen molar-refractivity contribution >= 4 is 29.9 Å². The average molecular weight is 416 g/mol. The molecule has 5 heteroatoms. The molecular formula is C17H29IN4. The first-order valence-corrected chi connectivity index (χ1v) is 7.92. The van der Waals surface area contributed by atoms with Crippen LogP contribution in [0.5, 0.6) is 0 Å². The van der Waals surface area contributed by atoms with Crippen LogP contribution in [0, 0.1) is 0 Å². The molecule has 0 atom stereocenters. The molecule has 1 aromatic carbocycles. The predicted molar refractivity (Wildman–Crippen MR) is 105 cm³/mol. The third-order valence-electron chi connectivity index (χ3n) is 4.01. The molecule has 0 radical (unpaired) electrons. The Bertz CT molecular complexity index is 448. The molecule has 0 spiro atoms. The van der Waals surface area contributed by atoms with Crippen LogP contribution >= 0.6 is 24.0 Å². The highest BCUT2D eigenvalue weighted by molar-refractivity contribution is 14.0. The van der Waals surface area contributed by atoms with Crippen molar-refractivity contribution in [2.45, 2.75) is 38.8 Å². The Balaban J connectivity index is 0.00000242. The van der Waals surface area contributed by atoms with Crippen LogP contribution in [0.3, 0.4) is 0 Å². The Morgan fingerprint density at radius 3 is 2.14 bits per heavy atom. The molecule has 1 saturated heterocycles. The van der Waals surface area contributed by atoms with E-state index in [1.165, 1.54) is 49.9 Å². The molecule has 1 fully saturated rings. The number of nitrogens with two attached hydrogens (primary N) is 1. The Morgan fingerprint density at radius 1 is 1.05 bits per heavy atom. The van der Waals surface area contributed by atoms with Crippen molar-refractivity contribution in [3.63, 3.8) is 0 Å². The van der Waals surface area contributed by atoms with Crippen LogP contribution in [-0.4, -0.2) is 42.9 Å². The number of benzene rings is 1. The molecule has 124 valence electrons. The third-order valence-corrected chi connectivity index (χ3v) is 4.01. The van der Waals surface area contributed by atoms with E-state index >= 15 is 0 Å². The van der Waals surface area contributed by atoms with E-state index in [0.29, 0.717) is 12.5 Å².